The number of ether oxygens (including phenoxy) is 3. The number of methoxy groups -OCH3 is 1. The van der Waals surface area contributed by atoms with Gasteiger partial charge in [0.25, 0.3) is 5.69 Å². The second kappa shape index (κ2) is 8.18. The van der Waals surface area contributed by atoms with E-state index in [9.17, 15) is 14.9 Å². The van der Waals surface area contributed by atoms with Crippen LogP contribution in [0.25, 0.3) is 0 Å². The molecule has 0 spiro atoms. The Balaban J connectivity index is 2.76. The van der Waals surface area contributed by atoms with Gasteiger partial charge in [-0.3, -0.25) is 10.1 Å². The molecule has 0 aliphatic carbocycles. The monoisotopic (exact) mass is 299 g/mol. The molecule has 0 amide bonds. The van der Waals surface area contributed by atoms with Crippen LogP contribution in [0.5, 0.6) is 5.75 Å². The lowest BCUT2D eigenvalue weighted by atomic mass is 10.1. The van der Waals surface area contributed by atoms with Crippen molar-refractivity contribution in [2.45, 2.75) is 6.92 Å². The molecule has 0 bridgehead atoms. The summed E-state index contributed by atoms with van der Waals surface area (Å²) in [5, 5.41) is 19.9. The first kappa shape index (κ1) is 16.9. The van der Waals surface area contributed by atoms with Gasteiger partial charge in [0.05, 0.1) is 35.9 Å². The Morgan fingerprint density at radius 1 is 1.29 bits per heavy atom. The van der Waals surface area contributed by atoms with Crippen LogP contribution in [0.1, 0.15) is 15.9 Å². The van der Waals surface area contributed by atoms with E-state index in [0.717, 1.165) is 6.07 Å². The van der Waals surface area contributed by atoms with E-state index in [4.69, 9.17) is 19.3 Å². The third-order valence-electron chi connectivity index (χ3n) is 2.69. The number of carbonyl (C=O) groups is 1. The van der Waals surface area contributed by atoms with E-state index in [1.807, 2.05) is 0 Å². The predicted octanol–water partition coefficient (Wildman–Crippen LogP) is 1.64. The number of aromatic carboxylic acids is 1. The molecule has 1 rings (SSSR count). The molecule has 116 valence electrons. The minimum absolute atomic E-state index is 0.158. The van der Waals surface area contributed by atoms with Gasteiger partial charge >= 0.3 is 5.97 Å². The van der Waals surface area contributed by atoms with E-state index in [0.29, 0.717) is 13.2 Å². The van der Waals surface area contributed by atoms with Crippen molar-refractivity contribution in [3.63, 3.8) is 0 Å². The zero-order valence-corrected chi connectivity index (χ0v) is 11.8. The van der Waals surface area contributed by atoms with E-state index in [2.05, 4.69) is 0 Å². The van der Waals surface area contributed by atoms with E-state index >= 15 is 0 Å². The van der Waals surface area contributed by atoms with Gasteiger partial charge in [0, 0.05) is 13.2 Å². The molecule has 0 heterocycles. The van der Waals surface area contributed by atoms with Gasteiger partial charge in [0.15, 0.2) is 0 Å². The highest BCUT2D eigenvalue weighted by molar-refractivity contribution is 5.89. The molecule has 0 fully saturated rings. The van der Waals surface area contributed by atoms with Gasteiger partial charge < -0.3 is 19.3 Å². The van der Waals surface area contributed by atoms with Crippen LogP contribution in [0.15, 0.2) is 12.1 Å². The second-order valence-corrected chi connectivity index (χ2v) is 4.13. The largest absolute Gasteiger partial charge is 0.491 e. The molecule has 0 aliphatic heterocycles. The summed E-state index contributed by atoms with van der Waals surface area (Å²) in [5.41, 5.74) is -0.199. The van der Waals surface area contributed by atoms with Crippen molar-refractivity contribution in [1.82, 2.24) is 0 Å². The Labute approximate surface area is 121 Å². The van der Waals surface area contributed by atoms with E-state index < -0.39 is 10.9 Å². The number of carboxylic acid groups (broad SMARTS) is 1. The number of carboxylic acids is 1. The maximum Gasteiger partial charge on any atom is 0.336 e. The highest BCUT2D eigenvalue weighted by Gasteiger charge is 2.19. The Kier molecular flexibility index (Phi) is 6.57. The SMILES string of the molecule is COCCOCCOc1cc(C(=O)O)cc([N+](=O)[O-])c1C. The molecule has 0 radical (unpaired) electrons. The van der Waals surface area contributed by atoms with Crippen LogP contribution >= 0.6 is 0 Å². The lowest BCUT2D eigenvalue weighted by Gasteiger charge is -2.10. The van der Waals surface area contributed by atoms with Crippen molar-refractivity contribution < 1.29 is 29.0 Å². The topological polar surface area (TPSA) is 108 Å². The molecule has 1 N–H and O–H groups in total. The van der Waals surface area contributed by atoms with Crippen molar-refractivity contribution in [3.05, 3.63) is 33.4 Å². The first-order chi connectivity index (χ1) is 9.97. The molecule has 0 aliphatic rings. The van der Waals surface area contributed by atoms with Gasteiger partial charge in [-0.2, -0.15) is 0 Å². The zero-order chi connectivity index (χ0) is 15.8. The molecular formula is C13H17NO7. The number of hydrogen-bond acceptors (Lipinski definition) is 6. The van der Waals surface area contributed by atoms with Crippen LogP contribution in [-0.2, 0) is 9.47 Å². The fourth-order valence-corrected chi connectivity index (χ4v) is 1.59. The second-order valence-electron chi connectivity index (χ2n) is 4.13. The summed E-state index contributed by atoms with van der Waals surface area (Å²) in [7, 11) is 1.56. The van der Waals surface area contributed by atoms with Gasteiger partial charge in [-0.1, -0.05) is 0 Å². The average Bonchev–Trinajstić information content (AvgIpc) is 2.43. The number of benzene rings is 1. The molecule has 8 heteroatoms. The molecule has 1 aromatic carbocycles. The molecule has 0 atom stereocenters. The predicted molar refractivity (Wildman–Crippen MR) is 73.0 cm³/mol. The van der Waals surface area contributed by atoms with Crippen LogP contribution < -0.4 is 4.74 Å². The summed E-state index contributed by atoms with van der Waals surface area (Å²) < 4.78 is 15.4. The van der Waals surface area contributed by atoms with Gasteiger partial charge in [0.2, 0.25) is 0 Å². The lowest BCUT2D eigenvalue weighted by molar-refractivity contribution is -0.385. The normalized spacial score (nSPS) is 10.4. The standard InChI is InChI=1S/C13H17NO7/c1-9-11(14(17)18)7-10(13(15)16)8-12(9)21-6-5-20-4-3-19-2/h7-8H,3-6H2,1-2H3,(H,15,16). The number of rotatable bonds is 9. The van der Waals surface area contributed by atoms with Crippen molar-refractivity contribution in [3.8, 4) is 5.75 Å². The minimum Gasteiger partial charge on any atom is -0.491 e. The van der Waals surface area contributed by atoms with Crippen LogP contribution in [0.2, 0.25) is 0 Å². The molecule has 21 heavy (non-hydrogen) atoms. The highest BCUT2D eigenvalue weighted by Crippen LogP contribution is 2.29. The average molecular weight is 299 g/mol. The molecule has 0 aromatic heterocycles. The smallest absolute Gasteiger partial charge is 0.336 e. The van der Waals surface area contributed by atoms with Gasteiger partial charge in [-0.25, -0.2) is 4.79 Å². The highest BCUT2D eigenvalue weighted by atomic mass is 16.6. The molecule has 0 saturated carbocycles. The Hall–Kier alpha value is -2.19. The molecular weight excluding hydrogens is 282 g/mol. The lowest BCUT2D eigenvalue weighted by Crippen LogP contribution is -2.11. The first-order valence-corrected chi connectivity index (χ1v) is 6.19. The van der Waals surface area contributed by atoms with Crippen LogP contribution in [-0.4, -0.2) is 49.5 Å². The summed E-state index contributed by atoms with van der Waals surface area (Å²) in [6.45, 7) is 2.80. The van der Waals surface area contributed by atoms with Crippen LogP contribution in [0, 0.1) is 17.0 Å². The van der Waals surface area contributed by atoms with Crippen molar-refractivity contribution >= 4 is 11.7 Å². The van der Waals surface area contributed by atoms with E-state index in [-0.39, 0.29) is 35.8 Å². The van der Waals surface area contributed by atoms with Gasteiger partial charge in [0.1, 0.15) is 12.4 Å². The van der Waals surface area contributed by atoms with Crippen LogP contribution in [0.4, 0.5) is 5.69 Å². The number of nitro groups is 1. The Morgan fingerprint density at radius 2 is 1.95 bits per heavy atom. The summed E-state index contributed by atoms with van der Waals surface area (Å²) in [6, 6.07) is 2.28. The number of hydrogen-bond donors (Lipinski definition) is 1. The van der Waals surface area contributed by atoms with Crippen molar-refractivity contribution in [1.29, 1.82) is 0 Å². The van der Waals surface area contributed by atoms with Gasteiger partial charge in [-0.15, -0.1) is 0 Å². The third kappa shape index (κ3) is 5.01. The third-order valence-corrected chi connectivity index (χ3v) is 2.69. The molecule has 1 aromatic rings. The summed E-state index contributed by atoms with van der Waals surface area (Å²) in [4.78, 5) is 21.3. The molecule has 0 saturated heterocycles. The Morgan fingerprint density at radius 3 is 2.52 bits per heavy atom. The summed E-state index contributed by atoms with van der Waals surface area (Å²) in [6.07, 6.45) is 0. The molecule has 8 nitrogen and oxygen atoms in total. The number of nitrogens with zero attached hydrogens (tertiary/aromatic N) is 1. The fraction of sp³-hybridized carbons (Fsp3) is 0.462. The maximum absolute atomic E-state index is 11.0. The zero-order valence-electron chi connectivity index (χ0n) is 11.8. The quantitative estimate of drug-likeness (QED) is 0.419. The van der Waals surface area contributed by atoms with Gasteiger partial charge in [-0.05, 0) is 13.0 Å². The first-order valence-electron chi connectivity index (χ1n) is 6.19. The summed E-state index contributed by atoms with van der Waals surface area (Å²) in [5.74, 6) is -1.09. The van der Waals surface area contributed by atoms with E-state index in [1.54, 1.807) is 7.11 Å². The van der Waals surface area contributed by atoms with E-state index in [1.165, 1.54) is 13.0 Å². The molecule has 0 unspecified atom stereocenters. The summed E-state index contributed by atoms with van der Waals surface area (Å²) >= 11 is 0. The van der Waals surface area contributed by atoms with Crippen molar-refractivity contribution in [2.75, 3.05) is 33.5 Å². The fourth-order valence-electron chi connectivity index (χ4n) is 1.59. The Bertz CT molecular complexity index is 515. The minimum atomic E-state index is -1.25. The number of nitro benzene ring substituents is 1. The maximum atomic E-state index is 11.0. The van der Waals surface area contributed by atoms with Crippen molar-refractivity contribution in [2.24, 2.45) is 0 Å². The van der Waals surface area contributed by atoms with Crippen LogP contribution in [0.3, 0.4) is 0 Å².